The highest BCUT2D eigenvalue weighted by Gasteiger charge is 2.38. The maximum absolute atomic E-state index is 12.4. The molecule has 23 heavy (non-hydrogen) atoms. The van der Waals surface area contributed by atoms with E-state index in [0.29, 0.717) is 29.7 Å². The molecule has 7 heteroatoms. The number of hydrogen-bond donors (Lipinski definition) is 1. The van der Waals surface area contributed by atoms with E-state index in [1.54, 1.807) is 24.1 Å². The highest BCUT2D eigenvalue weighted by Crippen LogP contribution is 2.30. The van der Waals surface area contributed by atoms with E-state index in [2.05, 4.69) is 10.3 Å². The van der Waals surface area contributed by atoms with Crippen LogP contribution in [0, 0.1) is 0 Å². The Morgan fingerprint density at radius 1 is 1.39 bits per heavy atom. The van der Waals surface area contributed by atoms with E-state index in [9.17, 15) is 9.59 Å². The molecule has 1 N–H and O–H groups in total. The topological polar surface area (TPSA) is 71.0 Å². The Morgan fingerprint density at radius 3 is 2.78 bits per heavy atom. The molecule has 0 bridgehead atoms. The van der Waals surface area contributed by atoms with Crippen molar-refractivity contribution in [2.45, 2.75) is 25.5 Å². The minimum atomic E-state index is -0.421. The molecule has 0 radical (unpaired) electrons. The number of carbonyl (C=O) groups excluding carboxylic acids is 2. The zero-order valence-corrected chi connectivity index (χ0v) is 14.4. The predicted octanol–water partition coefficient (Wildman–Crippen LogP) is 2.36. The molecule has 1 aliphatic heterocycles. The summed E-state index contributed by atoms with van der Waals surface area (Å²) < 4.78 is 5.21. The number of para-hydroxylation sites is 2. The molecular formula is C16H21N3O3S. The van der Waals surface area contributed by atoms with Crippen LogP contribution in [0.4, 0.5) is 5.69 Å². The van der Waals surface area contributed by atoms with Gasteiger partial charge >= 0.3 is 0 Å². The lowest BCUT2D eigenvalue weighted by atomic mass is 10.2. The van der Waals surface area contributed by atoms with Gasteiger partial charge in [-0.25, -0.2) is 0 Å². The maximum atomic E-state index is 12.4. The van der Waals surface area contributed by atoms with Crippen molar-refractivity contribution in [1.29, 1.82) is 0 Å². The van der Waals surface area contributed by atoms with Gasteiger partial charge in [-0.2, -0.15) is 0 Å². The summed E-state index contributed by atoms with van der Waals surface area (Å²) in [7, 11) is 1.55. The normalized spacial score (nSPS) is 19.3. The average Bonchev–Trinajstić information content (AvgIpc) is 2.83. The van der Waals surface area contributed by atoms with E-state index >= 15 is 0 Å². The number of carbonyl (C=O) groups is 2. The summed E-state index contributed by atoms with van der Waals surface area (Å²) >= 11 is 1.36. The standard InChI is InChI=1S/C16H21N3O3S/c1-4-17-16-19(5-2)15(21)13(23-16)10-14(20)18-11-8-6-7-9-12(11)22-3/h6-9,13H,4-5,10H2,1-3H3,(H,18,20)/t13-/m1/s1. The second-order valence-corrected chi connectivity index (χ2v) is 6.07. The molecule has 1 saturated heterocycles. The number of nitrogens with zero attached hydrogens (tertiary/aromatic N) is 2. The average molecular weight is 335 g/mol. The van der Waals surface area contributed by atoms with E-state index < -0.39 is 5.25 Å². The second-order valence-electron chi connectivity index (χ2n) is 4.90. The van der Waals surface area contributed by atoms with Crippen molar-refractivity contribution in [2.24, 2.45) is 4.99 Å². The lowest BCUT2D eigenvalue weighted by Gasteiger charge is -2.13. The molecule has 124 valence electrons. The van der Waals surface area contributed by atoms with Gasteiger partial charge in [-0.3, -0.25) is 19.5 Å². The minimum Gasteiger partial charge on any atom is -0.495 e. The van der Waals surface area contributed by atoms with Gasteiger partial charge < -0.3 is 10.1 Å². The summed E-state index contributed by atoms with van der Waals surface area (Å²) in [6, 6.07) is 7.19. The first-order valence-corrected chi connectivity index (χ1v) is 8.44. The van der Waals surface area contributed by atoms with Crippen LogP contribution >= 0.6 is 11.8 Å². The number of amidine groups is 1. The molecule has 1 fully saturated rings. The maximum Gasteiger partial charge on any atom is 0.242 e. The number of benzene rings is 1. The third kappa shape index (κ3) is 4.04. The number of rotatable bonds is 6. The lowest BCUT2D eigenvalue weighted by Crippen LogP contribution is -2.33. The number of aliphatic imine (C=N–C) groups is 1. The number of anilines is 1. The number of ether oxygens (including phenoxy) is 1. The Balaban J connectivity index is 2.03. The van der Waals surface area contributed by atoms with Crippen molar-refractivity contribution in [3.05, 3.63) is 24.3 Å². The van der Waals surface area contributed by atoms with Gasteiger partial charge in [0.2, 0.25) is 11.8 Å². The molecule has 1 aliphatic rings. The molecular weight excluding hydrogens is 314 g/mol. The first-order valence-electron chi connectivity index (χ1n) is 7.56. The van der Waals surface area contributed by atoms with Crippen LogP contribution in [0.2, 0.25) is 0 Å². The quantitative estimate of drug-likeness (QED) is 0.866. The van der Waals surface area contributed by atoms with Crippen LogP contribution in [0.25, 0.3) is 0 Å². The monoisotopic (exact) mass is 335 g/mol. The summed E-state index contributed by atoms with van der Waals surface area (Å²) in [5.74, 6) is 0.323. The van der Waals surface area contributed by atoms with Crippen LogP contribution in [0.15, 0.2) is 29.3 Å². The first-order chi connectivity index (χ1) is 11.1. The largest absolute Gasteiger partial charge is 0.495 e. The van der Waals surface area contributed by atoms with E-state index in [-0.39, 0.29) is 18.2 Å². The highest BCUT2D eigenvalue weighted by atomic mass is 32.2. The van der Waals surface area contributed by atoms with Crippen LogP contribution in [0.3, 0.4) is 0 Å². The van der Waals surface area contributed by atoms with Crippen molar-refractivity contribution in [1.82, 2.24) is 4.90 Å². The fourth-order valence-corrected chi connectivity index (χ4v) is 3.57. The van der Waals surface area contributed by atoms with Crippen molar-refractivity contribution < 1.29 is 14.3 Å². The fraction of sp³-hybridized carbons (Fsp3) is 0.438. The summed E-state index contributed by atoms with van der Waals surface area (Å²) in [4.78, 5) is 30.6. The van der Waals surface area contributed by atoms with Crippen LogP contribution < -0.4 is 10.1 Å². The van der Waals surface area contributed by atoms with Gasteiger partial charge in [0.25, 0.3) is 0 Å². The Morgan fingerprint density at radius 2 is 2.13 bits per heavy atom. The van der Waals surface area contributed by atoms with Gasteiger partial charge in [0.15, 0.2) is 5.17 Å². The summed E-state index contributed by atoms with van der Waals surface area (Å²) in [6.07, 6.45) is 0.112. The third-order valence-corrected chi connectivity index (χ3v) is 4.59. The van der Waals surface area contributed by atoms with E-state index in [0.717, 1.165) is 0 Å². The second kappa shape index (κ2) is 8.01. The summed E-state index contributed by atoms with van der Waals surface area (Å²) in [5, 5.41) is 3.08. The van der Waals surface area contributed by atoms with E-state index in [1.165, 1.54) is 11.8 Å². The van der Waals surface area contributed by atoms with Crippen molar-refractivity contribution in [3.63, 3.8) is 0 Å². The number of hydrogen-bond acceptors (Lipinski definition) is 5. The molecule has 1 aromatic carbocycles. The Hall–Kier alpha value is -2.02. The molecule has 2 rings (SSSR count). The fourth-order valence-electron chi connectivity index (χ4n) is 2.30. The number of amides is 2. The molecule has 6 nitrogen and oxygen atoms in total. The summed E-state index contributed by atoms with van der Waals surface area (Å²) in [5.41, 5.74) is 0.602. The molecule has 1 aromatic rings. The molecule has 0 aliphatic carbocycles. The van der Waals surface area contributed by atoms with Gasteiger partial charge in [0.1, 0.15) is 11.0 Å². The van der Waals surface area contributed by atoms with Crippen molar-refractivity contribution >= 4 is 34.4 Å². The molecule has 0 aromatic heterocycles. The van der Waals surface area contributed by atoms with E-state index in [1.807, 2.05) is 26.0 Å². The molecule has 0 saturated carbocycles. The smallest absolute Gasteiger partial charge is 0.242 e. The van der Waals surface area contributed by atoms with Crippen LogP contribution in [0.1, 0.15) is 20.3 Å². The van der Waals surface area contributed by atoms with Gasteiger partial charge in [-0.05, 0) is 26.0 Å². The highest BCUT2D eigenvalue weighted by molar-refractivity contribution is 8.15. The third-order valence-electron chi connectivity index (χ3n) is 3.38. The molecule has 2 amide bonds. The molecule has 1 heterocycles. The zero-order chi connectivity index (χ0) is 16.8. The van der Waals surface area contributed by atoms with Gasteiger partial charge in [-0.15, -0.1) is 0 Å². The summed E-state index contributed by atoms with van der Waals surface area (Å²) in [6.45, 7) is 5.01. The van der Waals surface area contributed by atoms with Crippen molar-refractivity contribution in [2.75, 3.05) is 25.5 Å². The Labute approximate surface area is 140 Å². The van der Waals surface area contributed by atoms with E-state index in [4.69, 9.17) is 4.74 Å². The van der Waals surface area contributed by atoms with Gasteiger partial charge in [-0.1, -0.05) is 23.9 Å². The number of methoxy groups -OCH3 is 1. The minimum absolute atomic E-state index is 0.0557. The first kappa shape index (κ1) is 17.3. The number of thioether (sulfide) groups is 1. The number of nitrogens with one attached hydrogen (secondary N) is 1. The van der Waals surface area contributed by atoms with Crippen LogP contribution in [-0.2, 0) is 9.59 Å². The predicted molar refractivity (Wildman–Crippen MR) is 93.0 cm³/mol. The Kier molecular flexibility index (Phi) is 6.04. The van der Waals surface area contributed by atoms with Gasteiger partial charge in [0.05, 0.1) is 12.8 Å². The van der Waals surface area contributed by atoms with Gasteiger partial charge in [0, 0.05) is 19.5 Å². The molecule has 0 unspecified atom stereocenters. The SMILES string of the molecule is CCN=C1S[C@H](CC(=O)Nc2ccccc2OC)C(=O)N1CC. The molecule has 0 spiro atoms. The Bertz CT molecular complexity index is 618. The molecule has 1 atom stereocenters. The van der Waals surface area contributed by atoms with Crippen LogP contribution in [0.5, 0.6) is 5.75 Å². The van der Waals surface area contributed by atoms with Crippen LogP contribution in [-0.4, -0.2) is 47.3 Å². The zero-order valence-electron chi connectivity index (χ0n) is 13.5. The van der Waals surface area contributed by atoms with Crippen molar-refractivity contribution in [3.8, 4) is 5.75 Å². The lowest BCUT2D eigenvalue weighted by molar-refractivity contribution is -0.128.